The van der Waals surface area contributed by atoms with Crippen molar-refractivity contribution < 1.29 is 14.6 Å². The summed E-state index contributed by atoms with van der Waals surface area (Å²) in [7, 11) is 0. The molecule has 152 valence electrons. The van der Waals surface area contributed by atoms with Crippen molar-refractivity contribution in [1.82, 2.24) is 0 Å². The van der Waals surface area contributed by atoms with Gasteiger partial charge in [-0.15, -0.1) is 0 Å². The summed E-state index contributed by atoms with van der Waals surface area (Å²) >= 11 is 0. The molecule has 2 aliphatic carbocycles. The summed E-state index contributed by atoms with van der Waals surface area (Å²) in [6.45, 7) is 6.49. The topological polar surface area (TPSA) is 46.5 Å². The molecule has 1 aromatic carbocycles. The lowest BCUT2D eigenvalue weighted by Gasteiger charge is -2.48. The molecule has 1 aliphatic heterocycles. The second kappa shape index (κ2) is 7.24. The van der Waals surface area contributed by atoms with Gasteiger partial charge in [-0.05, 0) is 57.2 Å². The predicted molar refractivity (Wildman–Crippen MR) is 112 cm³/mol. The van der Waals surface area contributed by atoms with Crippen LogP contribution in [0.3, 0.4) is 0 Å². The van der Waals surface area contributed by atoms with Crippen molar-refractivity contribution in [3.8, 4) is 11.5 Å². The minimum absolute atomic E-state index is 0.0347. The maximum Gasteiger partial charge on any atom is 0.133 e. The summed E-state index contributed by atoms with van der Waals surface area (Å²) in [5, 5.41) is 11.0. The van der Waals surface area contributed by atoms with E-state index in [1.807, 2.05) is 6.07 Å². The first-order valence-corrected chi connectivity index (χ1v) is 11.1. The van der Waals surface area contributed by atoms with E-state index in [-0.39, 0.29) is 22.9 Å². The molecular formula is C25H34O3. The summed E-state index contributed by atoms with van der Waals surface area (Å²) in [4.78, 5) is 12.2. The van der Waals surface area contributed by atoms with Crippen LogP contribution in [0, 0.1) is 5.92 Å². The van der Waals surface area contributed by atoms with E-state index in [2.05, 4.69) is 39.0 Å². The number of benzene rings is 1. The number of unbranched alkanes of at least 4 members (excludes halogenated alkanes) is 2. The van der Waals surface area contributed by atoms with Crippen molar-refractivity contribution in [2.24, 2.45) is 5.92 Å². The number of phenolic OH excluding ortho intramolecular Hbond substituents is 1. The number of ketones is 1. The molecule has 1 aromatic rings. The fourth-order valence-electron chi connectivity index (χ4n) is 5.60. The van der Waals surface area contributed by atoms with Crippen LogP contribution in [-0.2, 0) is 10.2 Å². The third-order valence-electron chi connectivity index (χ3n) is 7.41. The Morgan fingerprint density at radius 3 is 2.75 bits per heavy atom. The van der Waals surface area contributed by atoms with Crippen LogP contribution in [0.25, 0.3) is 0 Å². The number of Topliss-reactive ketones (excluding diaryl/α,β-unsaturated/α-hetero) is 1. The van der Waals surface area contributed by atoms with Crippen LogP contribution < -0.4 is 4.74 Å². The summed E-state index contributed by atoms with van der Waals surface area (Å²) in [5.41, 5.74) is 1.75. The quantitative estimate of drug-likeness (QED) is 0.488. The molecule has 2 fully saturated rings. The normalized spacial score (nSPS) is 27.6. The Bertz CT molecular complexity index is 785. The molecule has 3 aliphatic rings. The van der Waals surface area contributed by atoms with Crippen LogP contribution in [0.5, 0.6) is 11.5 Å². The van der Waals surface area contributed by atoms with Gasteiger partial charge in [0, 0.05) is 35.7 Å². The number of aromatic hydroxyl groups is 1. The molecule has 0 bridgehead atoms. The van der Waals surface area contributed by atoms with E-state index in [1.54, 1.807) is 0 Å². The van der Waals surface area contributed by atoms with E-state index in [4.69, 9.17) is 4.74 Å². The zero-order chi connectivity index (χ0) is 19.9. The van der Waals surface area contributed by atoms with E-state index in [0.717, 1.165) is 37.0 Å². The van der Waals surface area contributed by atoms with Crippen LogP contribution in [0.15, 0.2) is 24.3 Å². The van der Waals surface area contributed by atoms with Crippen LogP contribution in [0.2, 0.25) is 0 Å². The molecule has 3 heteroatoms. The van der Waals surface area contributed by atoms with Crippen molar-refractivity contribution in [2.45, 2.75) is 95.5 Å². The lowest BCUT2D eigenvalue weighted by molar-refractivity contribution is -0.124. The van der Waals surface area contributed by atoms with Crippen molar-refractivity contribution in [3.63, 3.8) is 0 Å². The first kappa shape index (κ1) is 19.5. The molecule has 1 heterocycles. The number of rotatable bonds is 5. The van der Waals surface area contributed by atoms with Crippen LogP contribution >= 0.6 is 0 Å². The molecule has 2 atom stereocenters. The largest absolute Gasteiger partial charge is 0.508 e. The van der Waals surface area contributed by atoms with Crippen LogP contribution in [0.4, 0.5) is 0 Å². The highest BCUT2D eigenvalue weighted by Gasteiger charge is 2.48. The number of hydrogen-bond acceptors (Lipinski definition) is 3. The standard InChI is InChI=1S/C25H34O3/c1-4-5-6-7-11-25(12-8-13-25)17-14-21(27)23-19-16-18(26)9-10-20(19)24(2,3)28-22(23)15-17/h7,11,14-15,19-20,27H,4-6,8-10,12-13,16H2,1-3H3/b11-7-/t19-,20-/m1/s1. The Labute approximate surface area is 169 Å². The Balaban J connectivity index is 1.71. The SMILES string of the molecule is CCCC/C=C\C1(c2cc(O)c3c(c2)OC(C)(C)[C@@H]2CCC(=O)C[C@@H]32)CCC1. The molecule has 0 unspecified atom stereocenters. The van der Waals surface area contributed by atoms with Crippen molar-refractivity contribution >= 4 is 5.78 Å². The van der Waals surface area contributed by atoms with Crippen LogP contribution in [0.1, 0.15) is 95.6 Å². The van der Waals surface area contributed by atoms with Crippen molar-refractivity contribution in [1.29, 1.82) is 0 Å². The third-order valence-corrected chi connectivity index (χ3v) is 7.41. The molecule has 2 saturated carbocycles. The van der Waals surface area contributed by atoms with Crippen LogP contribution in [-0.4, -0.2) is 16.5 Å². The summed E-state index contributed by atoms with van der Waals surface area (Å²) < 4.78 is 6.46. The zero-order valence-corrected chi connectivity index (χ0v) is 17.6. The number of carbonyl (C=O) groups excluding carboxylic acids is 1. The number of fused-ring (bicyclic) bond motifs is 3. The fraction of sp³-hybridized carbons (Fsp3) is 0.640. The molecule has 0 radical (unpaired) electrons. The number of allylic oxidation sites excluding steroid dienone is 2. The van der Waals surface area contributed by atoms with Gasteiger partial charge in [0.15, 0.2) is 0 Å². The van der Waals surface area contributed by atoms with Gasteiger partial charge in [-0.2, -0.15) is 0 Å². The molecule has 1 N–H and O–H groups in total. The Morgan fingerprint density at radius 2 is 2.07 bits per heavy atom. The van der Waals surface area contributed by atoms with Gasteiger partial charge in [0.25, 0.3) is 0 Å². The molecule has 0 aromatic heterocycles. The maximum atomic E-state index is 12.2. The van der Waals surface area contributed by atoms with Gasteiger partial charge in [0.05, 0.1) is 0 Å². The van der Waals surface area contributed by atoms with E-state index in [9.17, 15) is 9.90 Å². The average Bonchev–Trinajstić information content (AvgIpc) is 2.59. The van der Waals surface area contributed by atoms with E-state index in [1.165, 1.54) is 24.8 Å². The number of ether oxygens (including phenoxy) is 1. The highest BCUT2D eigenvalue weighted by molar-refractivity contribution is 5.81. The Morgan fingerprint density at radius 1 is 1.29 bits per heavy atom. The lowest BCUT2D eigenvalue weighted by Crippen LogP contribution is -2.47. The average molecular weight is 383 g/mol. The Hall–Kier alpha value is -1.77. The van der Waals surface area contributed by atoms with Crippen molar-refractivity contribution in [3.05, 3.63) is 35.4 Å². The summed E-state index contributed by atoms with van der Waals surface area (Å²) in [6, 6.07) is 4.12. The second-order valence-corrected chi connectivity index (χ2v) is 9.66. The van der Waals surface area contributed by atoms with E-state index < -0.39 is 0 Å². The number of hydrogen-bond donors (Lipinski definition) is 1. The Kier molecular flexibility index (Phi) is 5.05. The minimum Gasteiger partial charge on any atom is -0.508 e. The first-order chi connectivity index (χ1) is 13.4. The van der Waals surface area contributed by atoms with E-state index in [0.29, 0.717) is 24.4 Å². The number of carbonyl (C=O) groups is 1. The minimum atomic E-state index is -0.312. The molecular weight excluding hydrogens is 348 g/mol. The van der Waals surface area contributed by atoms with Gasteiger partial charge in [0.2, 0.25) is 0 Å². The highest BCUT2D eigenvalue weighted by Crippen LogP contribution is 2.56. The first-order valence-electron chi connectivity index (χ1n) is 11.1. The molecule has 0 amide bonds. The van der Waals surface area contributed by atoms with Gasteiger partial charge in [-0.25, -0.2) is 0 Å². The monoisotopic (exact) mass is 382 g/mol. The smallest absolute Gasteiger partial charge is 0.133 e. The van der Waals surface area contributed by atoms with Crippen molar-refractivity contribution in [2.75, 3.05) is 0 Å². The van der Waals surface area contributed by atoms with Gasteiger partial charge < -0.3 is 9.84 Å². The predicted octanol–water partition coefficient (Wildman–Crippen LogP) is 6.18. The lowest BCUT2D eigenvalue weighted by atomic mass is 9.62. The zero-order valence-electron chi connectivity index (χ0n) is 17.6. The maximum absolute atomic E-state index is 12.2. The molecule has 28 heavy (non-hydrogen) atoms. The molecule has 0 spiro atoms. The van der Waals surface area contributed by atoms with Gasteiger partial charge >= 0.3 is 0 Å². The molecule has 0 saturated heterocycles. The molecule has 3 nitrogen and oxygen atoms in total. The third kappa shape index (κ3) is 3.27. The summed E-state index contributed by atoms with van der Waals surface area (Å²) in [5.74, 6) is 1.78. The highest BCUT2D eigenvalue weighted by atomic mass is 16.5. The van der Waals surface area contributed by atoms with Gasteiger partial charge in [-0.3, -0.25) is 4.79 Å². The second-order valence-electron chi connectivity index (χ2n) is 9.66. The summed E-state index contributed by atoms with van der Waals surface area (Å²) in [6.07, 6.45) is 13.7. The van der Waals surface area contributed by atoms with E-state index >= 15 is 0 Å². The molecule has 4 rings (SSSR count). The number of phenols is 1. The van der Waals surface area contributed by atoms with Gasteiger partial charge in [-0.1, -0.05) is 38.3 Å². The fourth-order valence-corrected chi connectivity index (χ4v) is 5.60. The van der Waals surface area contributed by atoms with Gasteiger partial charge in [0.1, 0.15) is 22.9 Å².